The molecule has 88 valence electrons. The first-order chi connectivity index (χ1) is 7.30. The monoisotopic (exact) mass is 288 g/mol. The fourth-order valence-corrected chi connectivity index (χ4v) is 1.92. The Balaban J connectivity index is 3.38. The fraction of sp³-hybridized carbons (Fsp3) is 0.417. The Labute approximate surface area is 103 Å². The number of hydrogen-bond donors (Lipinski definition) is 1. The summed E-state index contributed by atoms with van der Waals surface area (Å²) in [6.07, 6.45) is 0. The van der Waals surface area contributed by atoms with Gasteiger partial charge in [0.1, 0.15) is 5.82 Å². The van der Waals surface area contributed by atoms with Gasteiger partial charge >= 0.3 is 5.97 Å². The highest BCUT2D eigenvalue weighted by Gasteiger charge is 2.40. The van der Waals surface area contributed by atoms with Crippen molar-refractivity contribution >= 4 is 21.9 Å². The zero-order chi connectivity index (χ0) is 12.5. The van der Waals surface area contributed by atoms with Crippen LogP contribution in [0, 0.1) is 11.7 Å². The molecule has 0 aliphatic heterocycles. The number of halogens is 2. The van der Waals surface area contributed by atoms with Gasteiger partial charge in [0.15, 0.2) is 0 Å². The molecule has 0 amide bonds. The number of aliphatic carboxylic acids is 1. The molecular formula is C12H14BrFO2. The largest absolute Gasteiger partial charge is 0.481 e. The molecule has 1 aromatic rings. The minimum atomic E-state index is -1.20. The third-order valence-electron chi connectivity index (χ3n) is 3.09. The quantitative estimate of drug-likeness (QED) is 0.923. The van der Waals surface area contributed by atoms with Gasteiger partial charge in [0, 0.05) is 10.0 Å². The van der Waals surface area contributed by atoms with E-state index in [2.05, 4.69) is 15.9 Å². The van der Waals surface area contributed by atoms with Gasteiger partial charge in [0.2, 0.25) is 0 Å². The van der Waals surface area contributed by atoms with Crippen molar-refractivity contribution in [1.82, 2.24) is 0 Å². The standard InChI is InChI=1S/C12H14BrFO2/c1-7(2)12(3,11(15)16)9-5-4-8(13)6-10(9)14/h4-7H,1-3H3,(H,15,16). The van der Waals surface area contributed by atoms with Crippen molar-refractivity contribution in [3.8, 4) is 0 Å². The summed E-state index contributed by atoms with van der Waals surface area (Å²) >= 11 is 3.15. The van der Waals surface area contributed by atoms with E-state index in [0.29, 0.717) is 4.47 Å². The Morgan fingerprint density at radius 2 is 2.06 bits per heavy atom. The van der Waals surface area contributed by atoms with Crippen LogP contribution in [0.1, 0.15) is 26.3 Å². The molecule has 0 aliphatic rings. The lowest BCUT2D eigenvalue weighted by Crippen LogP contribution is -2.38. The van der Waals surface area contributed by atoms with Crippen LogP contribution >= 0.6 is 15.9 Å². The van der Waals surface area contributed by atoms with Crippen LogP contribution < -0.4 is 0 Å². The van der Waals surface area contributed by atoms with Crippen LogP contribution in [0.25, 0.3) is 0 Å². The summed E-state index contributed by atoms with van der Waals surface area (Å²) in [4.78, 5) is 11.3. The van der Waals surface area contributed by atoms with E-state index in [4.69, 9.17) is 0 Å². The van der Waals surface area contributed by atoms with E-state index in [0.717, 1.165) is 0 Å². The van der Waals surface area contributed by atoms with Gasteiger partial charge in [-0.15, -0.1) is 0 Å². The summed E-state index contributed by atoms with van der Waals surface area (Å²) in [5.41, 5.74) is -0.983. The van der Waals surface area contributed by atoms with Crippen LogP contribution in [-0.2, 0) is 10.2 Å². The molecule has 1 unspecified atom stereocenters. The SMILES string of the molecule is CC(C)C(C)(C(=O)O)c1ccc(Br)cc1F. The predicted octanol–water partition coefficient (Wildman–Crippen LogP) is 3.59. The molecule has 0 spiro atoms. The van der Waals surface area contributed by atoms with Crippen molar-refractivity contribution in [3.05, 3.63) is 34.1 Å². The Kier molecular flexibility index (Phi) is 3.73. The average Bonchev–Trinajstić information content (AvgIpc) is 2.15. The lowest BCUT2D eigenvalue weighted by Gasteiger charge is -2.29. The van der Waals surface area contributed by atoms with Crippen molar-refractivity contribution in [2.24, 2.45) is 5.92 Å². The summed E-state index contributed by atoms with van der Waals surface area (Å²) in [6, 6.07) is 4.47. The van der Waals surface area contributed by atoms with Gasteiger partial charge in [0.05, 0.1) is 5.41 Å². The number of benzene rings is 1. The van der Waals surface area contributed by atoms with E-state index in [9.17, 15) is 14.3 Å². The summed E-state index contributed by atoms with van der Waals surface area (Å²) in [6.45, 7) is 5.09. The summed E-state index contributed by atoms with van der Waals surface area (Å²) in [5, 5.41) is 9.27. The van der Waals surface area contributed by atoms with E-state index in [-0.39, 0.29) is 11.5 Å². The van der Waals surface area contributed by atoms with E-state index in [1.165, 1.54) is 12.1 Å². The maximum atomic E-state index is 13.8. The Morgan fingerprint density at radius 3 is 2.44 bits per heavy atom. The molecule has 1 N–H and O–H groups in total. The van der Waals surface area contributed by atoms with Crippen LogP contribution in [0.4, 0.5) is 4.39 Å². The Hall–Kier alpha value is -0.900. The second kappa shape index (κ2) is 4.53. The van der Waals surface area contributed by atoms with Gasteiger partial charge in [-0.05, 0) is 25.0 Å². The summed E-state index contributed by atoms with van der Waals surface area (Å²) in [7, 11) is 0. The zero-order valence-electron chi connectivity index (χ0n) is 9.42. The fourth-order valence-electron chi connectivity index (χ4n) is 1.58. The molecule has 1 atom stereocenters. The number of carboxylic acids is 1. The average molecular weight is 289 g/mol. The van der Waals surface area contributed by atoms with Gasteiger partial charge < -0.3 is 5.11 Å². The molecule has 16 heavy (non-hydrogen) atoms. The van der Waals surface area contributed by atoms with Crippen LogP contribution in [0.2, 0.25) is 0 Å². The first kappa shape index (κ1) is 13.2. The molecule has 0 bridgehead atoms. The number of rotatable bonds is 3. The number of carbonyl (C=O) groups is 1. The molecule has 0 aromatic heterocycles. The highest BCUT2D eigenvalue weighted by Crippen LogP contribution is 2.34. The maximum absolute atomic E-state index is 13.8. The Morgan fingerprint density at radius 1 is 1.50 bits per heavy atom. The predicted molar refractivity (Wildman–Crippen MR) is 63.9 cm³/mol. The normalized spacial score (nSPS) is 14.9. The van der Waals surface area contributed by atoms with Gasteiger partial charge in [0.25, 0.3) is 0 Å². The third kappa shape index (κ3) is 2.12. The third-order valence-corrected chi connectivity index (χ3v) is 3.58. The minimum absolute atomic E-state index is 0.194. The van der Waals surface area contributed by atoms with Crippen LogP contribution in [0.3, 0.4) is 0 Å². The molecule has 0 radical (unpaired) electrons. The van der Waals surface area contributed by atoms with Gasteiger partial charge in [-0.1, -0.05) is 35.8 Å². The van der Waals surface area contributed by atoms with E-state index >= 15 is 0 Å². The second-order valence-electron chi connectivity index (χ2n) is 4.29. The first-order valence-corrected chi connectivity index (χ1v) is 5.78. The van der Waals surface area contributed by atoms with Crippen molar-refractivity contribution in [3.63, 3.8) is 0 Å². The molecule has 1 aromatic carbocycles. The van der Waals surface area contributed by atoms with Gasteiger partial charge in [-0.3, -0.25) is 4.79 Å². The lowest BCUT2D eigenvalue weighted by molar-refractivity contribution is -0.145. The van der Waals surface area contributed by atoms with Crippen LogP contribution in [-0.4, -0.2) is 11.1 Å². The summed E-state index contributed by atoms with van der Waals surface area (Å²) in [5.74, 6) is -1.70. The molecule has 0 aliphatic carbocycles. The highest BCUT2D eigenvalue weighted by atomic mass is 79.9. The Bertz CT molecular complexity index is 417. The maximum Gasteiger partial charge on any atom is 0.314 e. The zero-order valence-corrected chi connectivity index (χ0v) is 11.0. The molecule has 0 fully saturated rings. The van der Waals surface area contributed by atoms with Gasteiger partial charge in [-0.2, -0.15) is 0 Å². The van der Waals surface area contributed by atoms with Crippen molar-refractivity contribution in [2.45, 2.75) is 26.2 Å². The van der Waals surface area contributed by atoms with E-state index in [1.807, 2.05) is 0 Å². The minimum Gasteiger partial charge on any atom is -0.481 e. The molecule has 2 nitrogen and oxygen atoms in total. The number of carboxylic acid groups (broad SMARTS) is 1. The molecule has 0 heterocycles. The van der Waals surface area contributed by atoms with E-state index < -0.39 is 17.2 Å². The molecule has 0 saturated carbocycles. The lowest BCUT2D eigenvalue weighted by atomic mass is 9.73. The van der Waals surface area contributed by atoms with Gasteiger partial charge in [-0.25, -0.2) is 4.39 Å². The van der Waals surface area contributed by atoms with Crippen LogP contribution in [0.15, 0.2) is 22.7 Å². The number of hydrogen-bond acceptors (Lipinski definition) is 1. The molecule has 0 saturated heterocycles. The summed E-state index contributed by atoms with van der Waals surface area (Å²) < 4.78 is 14.4. The van der Waals surface area contributed by atoms with E-state index in [1.54, 1.807) is 26.8 Å². The van der Waals surface area contributed by atoms with Crippen LogP contribution in [0.5, 0.6) is 0 Å². The topological polar surface area (TPSA) is 37.3 Å². The smallest absolute Gasteiger partial charge is 0.314 e. The molecule has 1 rings (SSSR count). The second-order valence-corrected chi connectivity index (χ2v) is 5.20. The van der Waals surface area contributed by atoms with Crippen molar-refractivity contribution in [1.29, 1.82) is 0 Å². The first-order valence-electron chi connectivity index (χ1n) is 4.99. The van der Waals surface area contributed by atoms with Crippen molar-refractivity contribution in [2.75, 3.05) is 0 Å². The molecule has 4 heteroatoms. The molecular weight excluding hydrogens is 275 g/mol. The van der Waals surface area contributed by atoms with Crippen molar-refractivity contribution < 1.29 is 14.3 Å². The highest BCUT2D eigenvalue weighted by molar-refractivity contribution is 9.10.